The Balaban J connectivity index is 1.64. The number of hydrogen-bond donors (Lipinski definition) is 0. The van der Waals surface area contributed by atoms with E-state index in [1.54, 1.807) is 36.4 Å². The number of carbonyl (C=O) groups excluding carboxylic acids is 2. The van der Waals surface area contributed by atoms with E-state index in [1.807, 2.05) is 12.1 Å². The summed E-state index contributed by atoms with van der Waals surface area (Å²) in [5.74, 6) is 1.40. The molecule has 0 saturated heterocycles. The zero-order valence-corrected chi connectivity index (χ0v) is 12.2. The largest absolute Gasteiger partial charge is 0.494 e. The monoisotopic (exact) mass is 298 g/mol. The van der Waals surface area contributed by atoms with Crippen molar-refractivity contribution in [2.24, 2.45) is 0 Å². The second-order valence-electron chi connectivity index (χ2n) is 4.78. The third-order valence-corrected chi connectivity index (χ3v) is 3.06. The van der Waals surface area contributed by atoms with Gasteiger partial charge in [0.25, 0.3) is 0 Å². The Labute approximate surface area is 129 Å². The van der Waals surface area contributed by atoms with Crippen molar-refractivity contribution in [3.8, 4) is 11.5 Å². The Morgan fingerprint density at radius 2 is 1.18 bits per heavy atom. The summed E-state index contributed by atoms with van der Waals surface area (Å²) in [6.45, 7) is 1.14. The van der Waals surface area contributed by atoms with Crippen LogP contribution >= 0.6 is 0 Å². The first-order valence-corrected chi connectivity index (χ1v) is 7.18. The van der Waals surface area contributed by atoms with E-state index in [1.165, 1.54) is 0 Å². The van der Waals surface area contributed by atoms with Crippen molar-refractivity contribution in [3.63, 3.8) is 0 Å². The molecule has 2 aromatic carbocycles. The summed E-state index contributed by atoms with van der Waals surface area (Å²) in [4.78, 5) is 21.3. The van der Waals surface area contributed by atoms with Crippen molar-refractivity contribution in [1.29, 1.82) is 0 Å². The van der Waals surface area contributed by atoms with Gasteiger partial charge in [-0.25, -0.2) is 0 Å². The third-order valence-electron chi connectivity index (χ3n) is 3.06. The van der Waals surface area contributed by atoms with Gasteiger partial charge in [-0.3, -0.25) is 9.59 Å². The summed E-state index contributed by atoms with van der Waals surface area (Å²) < 4.78 is 11.2. The molecule has 2 rings (SSSR count). The van der Waals surface area contributed by atoms with Gasteiger partial charge in [0.2, 0.25) is 0 Å². The van der Waals surface area contributed by atoms with E-state index in [-0.39, 0.29) is 0 Å². The number of aldehydes is 2. The van der Waals surface area contributed by atoms with Crippen LogP contribution < -0.4 is 9.47 Å². The highest BCUT2D eigenvalue weighted by Crippen LogP contribution is 2.14. The normalized spacial score (nSPS) is 10.0. The summed E-state index contributed by atoms with van der Waals surface area (Å²) >= 11 is 0. The average Bonchev–Trinajstić information content (AvgIpc) is 2.58. The van der Waals surface area contributed by atoms with Crippen LogP contribution in [0.25, 0.3) is 0 Å². The fourth-order valence-corrected chi connectivity index (χ4v) is 1.94. The van der Waals surface area contributed by atoms with Crippen LogP contribution in [0.5, 0.6) is 11.5 Å². The second-order valence-corrected chi connectivity index (χ2v) is 4.78. The molecule has 0 unspecified atom stereocenters. The maximum atomic E-state index is 10.7. The quantitative estimate of drug-likeness (QED) is 0.525. The van der Waals surface area contributed by atoms with Gasteiger partial charge in [-0.1, -0.05) is 24.3 Å². The molecular weight excluding hydrogens is 280 g/mol. The zero-order valence-electron chi connectivity index (χ0n) is 12.2. The minimum atomic E-state index is 0.569. The fraction of sp³-hybridized carbons (Fsp3) is 0.222. The minimum Gasteiger partial charge on any atom is -0.494 e. The molecule has 0 heterocycles. The van der Waals surface area contributed by atoms with Crippen LogP contribution in [0.3, 0.4) is 0 Å². The molecule has 2 aromatic rings. The summed E-state index contributed by atoms with van der Waals surface area (Å²) in [5, 5.41) is 0. The lowest BCUT2D eigenvalue weighted by Crippen LogP contribution is -2.03. The zero-order chi connectivity index (χ0) is 15.6. The maximum Gasteiger partial charge on any atom is 0.150 e. The average molecular weight is 298 g/mol. The van der Waals surface area contributed by atoms with E-state index in [0.29, 0.717) is 35.8 Å². The lowest BCUT2D eigenvalue weighted by atomic mass is 10.2. The van der Waals surface area contributed by atoms with E-state index in [4.69, 9.17) is 9.47 Å². The number of benzene rings is 2. The molecule has 0 saturated carbocycles. The van der Waals surface area contributed by atoms with Crippen LogP contribution in [0.1, 0.15) is 33.6 Å². The molecule has 0 aliphatic carbocycles. The molecule has 0 aliphatic rings. The molecule has 4 nitrogen and oxygen atoms in total. The first-order valence-electron chi connectivity index (χ1n) is 7.18. The lowest BCUT2D eigenvalue weighted by Gasteiger charge is -2.08. The lowest BCUT2D eigenvalue weighted by molar-refractivity contribution is 0.111. The number of hydrogen-bond acceptors (Lipinski definition) is 4. The Morgan fingerprint density at radius 1 is 0.727 bits per heavy atom. The van der Waals surface area contributed by atoms with Gasteiger partial charge in [0.05, 0.1) is 13.2 Å². The van der Waals surface area contributed by atoms with Crippen LogP contribution in [-0.4, -0.2) is 25.8 Å². The van der Waals surface area contributed by atoms with Gasteiger partial charge in [-0.2, -0.15) is 0 Å². The standard InChI is InChI=1S/C18H18O4/c19-13-15-5-3-7-17(11-15)21-9-1-2-10-22-18-8-4-6-16(12-18)14-20/h3-8,11-14H,1-2,9-10H2. The van der Waals surface area contributed by atoms with Crippen LogP contribution in [0.4, 0.5) is 0 Å². The van der Waals surface area contributed by atoms with E-state index in [2.05, 4.69) is 0 Å². The minimum absolute atomic E-state index is 0.569. The Bertz CT molecular complexity index is 566. The molecular formula is C18H18O4. The predicted molar refractivity (Wildman–Crippen MR) is 83.9 cm³/mol. The van der Waals surface area contributed by atoms with E-state index in [9.17, 15) is 9.59 Å². The molecule has 0 atom stereocenters. The highest BCUT2D eigenvalue weighted by atomic mass is 16.5. The molecule has 0 aliphatic heterocycles. The number of ether oxygens (including phenoxy) is 2. The smallest absolute Gasteiger partial charge is 0.150 e. The summed E-state index contributed by atoms with van der Waals surface area (Å²) in [6.07, 6.45) is 3.29. The molecule has 0 amide bonds. The second kappa shape index (κ2) is 8.62. The van der Waals surface area contributed by atoms with Gasteiger partial charge >= 0.3 is 0 Å². The van der Waals surface area contributed by atoms with E-state index >= 15 is 0 Å². The topological polar surface area (TPSA) is 52.6 Å². The molecule has 0 N–H and O–H groups in total. The van der Waals surface area contributed by atoms with E-state index in [0.717, 1.165) is 25.4 Å². The molecule has 0 bridgehead atoms. The molecule has 114 valence electrons. The molecule has 0 spiro atoms. The highest BCUT2D eigenvalue weighted by molar-refractivity contribution is 5.75. The van der Waals surface area contributed by atoms with Crippen LogP contribution in [0.15, 0.2) is 48.5 Å². The molecule has 0 radical (unpaired) electrons. The number of unbranched alkanes of at least 4 members (excludes halogenated alkanes) is 1. The van der Waals surface area contributed by atoms with Crippen molar-refractivity contribution in [3.05, 3.63) is 59.7 Å². The van der Waals surface area contributed by atoms with Crippen LogP contribution in [0, 0.1) is 0 Å². The summed E-state index contributed by atoms with van der Waals surface area (Å²) in [5.41, 5.74) is 1.21. The van der Waals surface area contributed by atoms with Crippen molar-refractivity contribution in [2.45, 2.75) is 12.8 Å². The van der Waals surface area contributed by atoms with Gasteiger partial charge in [0.15, 0.2) is 0 Å². The van der Waals surface area contributed by atoms with Crippen molar-refractivity contribution < 1.29 is 19.1 Å². The Morgan fingerprint density at radius 3 is 1.59 bits per heavy atom. The van der Waals surface area contributed by atoms with Crippen molar-refractivity contribution in [2.75, 3.05) is 13.2 Å². The van der Waals surface area contributed by atoms with Gasteiger partial charge in [-0.05, 0) is 37.1 Å². The molecule has 0 fully saturated rings. The van der Waals surface area contributed by atoms with Gasteiger partial charge in [0, 0.05) is 11.1 Å². The van der Waals surface area contributed by atoms with Gasteiger partial charge in [-0.15, -0.1) is 0 Å². The van der Waals surface area contributed by atoms with E-state index < -0.39 is 0 Å². The van der Waals surface area contributed by atoms with Crippen molar-refractivity contribution in [1.82, 2.24) is 0 Å². The van der Waals surface area contributed by atoms with Crippen LogP contribution in [-0.2, 0) is 0 Å². The molecule has 0 aromatic heterocycles. The number of carbonyl (C=O) groups is 2. The summed E-state index contributed by atoms with van der Waals surface area (Å²) in [7, 11) is 0. The van der Waals surface area contributed by atoms with Gasteiger partial charge in [0.1, 0.15) is 24.1 Å². The first-order chi connectivity index (χ1) is 10.8. The maximum absolute atomic E-state index is 10.7. The number of rotatable bonds is 9. The fourth-order valence-electron chi connectivity index (χ4n) is 1.94. The summed E-state index contributed by atoms with van der Waals surface area (Å²) in [6, 6.07) is 14.2. The Hall–Kier alpha value is -2.62. The van der Waals surface area contributed by atoms with Crippen LogP contribution in [0.2, 0.25) is 0 Å². The molecule has 22 heavy (non-hydrogen) atoms. The van der Waals surface area contributed by atoms with Gasteiger partial charge < -0.3 is 9.47 Å². The predicted octanol–water partition coefficient (Wildman–Crippen LogP) is 3.55. The molecule has 4 heteroatoms. The Kier molecular flexibility index (Phi) is 6.18. The third kappa shape index (κ3) is 5.05. The SMILES string of the molecule is O=Cc1cccc(OCCCCOc2cccc(C=O)c2)c1. The first kappa shape index (κ1) is 15.8. The highest BCUT2D eigenvalue weighted by Gasteiger charge is 1.98. The van der Waals surface area contributed by atoms with Crippen molar-refractivity contribution >= 4 is 12.6 Å².